The predicted octanol–water partition coefficient (Wildman–Crippen LogP) is 4.67. The van der Waals surface area contributed by atoms with E-state index in [2.05, 4.69) is 20.9 Å². The molecular weight excluding hydrogens is 484 g/mol. The SMILES string of the molecule is O=C(CCC1CCCC1)N=C1S[C@@H]2CS(=O)(=O)C[C@H]2N1c1ccc(Br)cc1Cl. The van der Waals surface area contributed by atoms with Crippen LogP contribution in [0, 0.1) is 5.92 Å². The molecule has 2 heterocycles. The van der Waals surface area contributed by atoms with Gasteiger partial charge in [-0.2, -0.15) is 4.99 Å². The second-order valence-electron chi connectivity index (χ2n) is 7.74. The summed E-state index contributed by atoms with van der Waals surface area (Å²) in [5, 5.41) is 0.961. The van der Waals surface area contributed by atoms with Gasteiger partial charge in [-0.05, 0) is 30.5 Å². The normalized spacial score (nSPS) is 28.2. The number of aliphatic imine (C=N–C) groups is 1. The van der Waals surface area contributed by atoms with Crippen LogP contribution >= 0.6 is 39.3 Å². The molecule has 2 atom stereocenters. The molecule has 1 amide bonds. The average Bonchev–Trinajstić information content (AvgIpc) is 3.29. The fourth-order valence-corrected chi connectivity index (χ4v) is 9.00. The summed E-state index contributed by atoms with van der Waals surface area (Å²) in [6.07, 6.45) is 6.28. The van der Waals surface area contributed by atoms with Crippen molar-refractivity contribution in [3.8, 4) is 0 Å². The zero-order valence-electron chi connectivity index (χ0n) is 15.3. The summed E-state index contributed by atoms with van der Waals surface area (Å²) < 4.78 is 25.1. The van der Waals surface area contributed by atoms with E-state index in [0.29, 0.717) is 28.2 Å². The summed E-state index contributed by atoms with van der Waals surface area (Å²) >= 11 is 11.2. The second-order valence-corrected chi connectivity index (χ2v) is 12.4. The molecule has 4 rings (SSSR count). The molecule has 1 aliphatic carbocycles. The number of anilines is 1. The summed E-state index contributed by atoms with van der Waals surface area (Å²) in [6, 6.07) is 5.24. The predicted molar refractivity (Wildman–Crippen MR) is 119 cm³/mol. The van der Waals surface area contributed by atoms with Gasteiger partial charge in [-0.3, -0.25) is 4.79 Å². The maximum absolute atomic E-state index is 12.5. The lowest BCUT2D eigenvalue weighted by Crippen LogP contribution is -2.37. The van der Waals surface area contributed by atoms with Crippen LogP contribution in [0.25, 0.3) is 0 Å². The molecular formula is C19H22BrClN2O3S2. The smallest absolute Gasteiger partial charge is 0.248 e. The number of sulfone groups is 1. The third-order valence-corrected chi connectivity index (χ3v) is 9.70. The molecule has 0 radical (unpaired) electrons. The van der Waals surface area contributed by atoms with Crippen LogP contribution in [0.1, 0.15) is 38.5 Å². The van der Waals surface area contributed by atoms with Crippen LogP contribution in [0.3, 0.4) is 0 Å². The number of hydrogen-bond acceptors (Lipinski definition) is 4. The molecule has 0 unspecified atom stereocenters. The molecule has 1 saturated carbocycles. The molecule has 5 nitrogen and oxygen atoms in total. The zero-order chi connectivity index (χ0) is 19.9. The lowest BCUT2D eigenvalue weighted by atomic mass is 10.0. The van der Waals surface area contributed by atoms with Crippen LogP contribution in [-0.4, -0.2) is 42.3 Å². The van der Waals surface area contributed by atoms with Gasteiger partial charge in [0.05, 0.1) is 28.3 Å². The number of hydrogen-bond donors (Lipinski definition) is 0. The lowest BCUT2D eigenvalue weighted by Gasteiger charge is -2.25. The van der Waals surface area contributed by atoms with Crippen LogP contribution < -0.4 is 4.90 Å². The van der Waals surface area contributed by atoms with Gasteiger partial charge in [0.25, 0.3) is 0 Å². The molecule has 28 heavy (non-hydrogen) atoms. The van der Waals surface area contributed by atoms with E-state index in [1.807, 2.05) is 17.0 Å². The van der Waals surface area contributed by atoms with E-state index in [1.165, 1.54) is 37.4 Å². The molecule has 9 heteroatoms. The van der Waals surface area contributed by atoms with Gasteiger partial charge >= 0.3 is 0 Å². The number of carbonyl (C=O) groups excluding carboxylic acids is 1. The molecule has 2 aliphatic heterocycles. The highest BCUT2D eigenvalue weighted by molar-refractivity contribution is 9.10. The first-order valence-electron chi connectivity index (χ1n) is 9.55. The first-order chi connectivity index (χ1) is 13.3. The summed E-state index contributed by atoms with van der Waals surface area (Å²) in [6.45, 7) is 0. The second kappa shape index (κ2) is 8.28. The van der Waals surface area contributed by atoms with Gasteiger partial charge in [-0.1, -0.05) is 65.0 Å². The van der Waals surface area contributed by atoms with Crippen molar-refractivity contribution in [2.75, 3.05) is 16.4 Å². The van der Waals surface area contributed by atoms with Crippen LogP contribution in [0.5, 0.6) is 0 Å². The number of fused-ring (bicyclic) bond motifs is 1. The monoisotopic (exact) mass is 504 g/mol. The van der Waals surface area contributed by atoms with Crippen molar-refractivity contribution in [2.24, 2.45) is 10.9 Å². The van der Waals surface area contributed by atoms with Gasteiger partial charge in [0.1, 0.15) is 0 Å². The highest BCUT2D eigenvalue weighted by Crippen LogP contribution is 2.43. The standard InChI is InChI=1S/C19H22BrClN2O3S2/c20-13-6-7-15(14(21)9-13)23-16-10-28(25,26)11-17(16)27-19(23)22-18(24)8-5-12-3-1-2-4-12/h6-7,9,12,16-17H,1-5,8,10-11H2/t16-,17-/m1/s1. The Morgan fingerprint density at radius 3 is 2.75 bits per heavy atom. The van der Waals surface area contributed by atoms with Gasteiger partial charge in [0.15, 0.2) is 15.0 Å². The molecule has 0 aromatic heterocycles. The van der Waals surface area contributed by atoms with Crippen LogP contribution in [0.15, 0.2) is 27.7 Å². The third kappa shape index (κ3) is 4.45. The summed E-state index contributed by atoms with van der Waals surface area (Å²) in [4.78, 5) is 18.8. The number of halogens is 2. The maximum atomic E-state index is 12.5. The van der Waals surface area contributed by atoms with Gasteiger partial charge in [0, 0.05) is 16.1 Å². The lowest BCUT2D eigenvalue weighted by molar-refractivity contribution is -0.118. The Morgan fingerprint density at radius 1 is 1.29 bits per heavy atom. The van der Waals surface area contributed by atoms with Crippen molar-refractivity contribution in [3.63, 3.8) is 0 Å². The highest BCUT2D eigenvalue weighted by atomic mass is 79.9. The highest BCUT2D eigenvalue weighted by Gasteiger charge is 2.49. The Morgan fingerprint density at radius 2 is 2.04 bits per heavy atom. The van der Waals surface area contributed by atoms with Gasteiger partial charge in [-0.25, -0.2) is 8.42 Å². The minimum Gasteiger partial charge on any atom is -0.314 e. The Labute approximate surface area is 183 Å². The van der Waals surface area contributed by atoms with E-state index < -0.39 is 9.84 Å². The summed E-state index contributed by atoms with van der Waals surface area (Å²) in [5.74, 6) is 0.687. The third-order valence-electron chi connectivity index (χ3n) is 5.70. The Hall–Kier alpha value is -0.570. The van der Waals surface area contributed by atoms with E-state index in [4.69, 9.17) is 11.6 Å². The topological polar surface area (TPSA) is 66.8 Å². The summed E-state index contributed by atoms with van der Waals surface area (Å²) in [5.41, 5.74) is 0.698. The first kappa shape index (κ1) is 20.7. The van der Waals surface area contributed by atoms with Crippen molar-refractivity contribution in [1.82, 2.24) is 0 Å². The number of amides is 1. The molecule has 0 N–H and O–H groups in total. The van der Waals surface area contributed by atoms with E-state index in [9.17, 15) is 13.2 Å². The van der Waals surface area contributed by atoms with E-state index in [0.717, 1.165) is 10.9 Å². The van der Waals surface area contributed by atoms with E-state index in [1.54, 1.807) is 6.07 Å². The number of rotatable bonds is 4. The molecule has 1 aromatic rings. The quantitative estimate of drug-likeness (QED) is 0.595. The van der Waals surface area contributed by atoms with Crippen LogP contribution in [0.4, 0.5) is 5.69 Å². The van der Waals surface area contributed by atoms with E-state index >= 15 is 0 Å². The van der Waals surface area contributed by atoms with Gasteiger partial charge in [-0.15, -0.1) is 0 Å². The number of thioether (sulfide) groups is 1. The molecule has 3 aliphatic rings. The molecule has 2 saturated heterocycles. The first-order valence-corrected chi connectivity index (χ1v) is 13.4. The van der Waals surface area contributed by atoms with Gasteiger partial charge < -0.3 is 4.90 Å². The van der Waals surface area contributed by atoms with Crippen molar-refractivity contribution in [2.45, 2.75) is 49.8 Å². The van der Waals surface area contributed by atoms with E-state index in [-0.39, 0.29) is 28.7 Å². The molecule has 1 aromatic carbocycles. The average molecular weight is 506 g/mol. The molecule has 0 bridgehead atoms. The number of carbonyl (C=O) groups is 1. The maximum Gasteiger partial charge on any atom is 0.248 e. The van der Waals surface area contributed by atoms with Crippen molar-refractivity contribution < 1.29 is 13.2 Å². The Bertz CT molecular complexity index is 916. The Kier molecular flexibility index (Phi) is 6.12. The van der Waals surface area contributed by atoms with Gasteiger partial charge in [0.2, 0.25) is 5.91 Å². The zero-order valence-corrected chi connectivity index (χ0v) is 19.3. The fraction of sp³-hybridized carbons (Fsp3) is 0.579. The number of benzene rings is 1. The molecule has 152 valence electrons. The largest absolute Gasteiger partial charge is 0.314 e. The molecule has 3 fully saturated rings. The summed E-state index contributed by atoms with van der Waals surface area (Å²) in [7, 11) is -3.10. The van der Waals surface area contributed by atoms with Crippen molar-refractivity contribution in [3.05, 3.63) is 27.7 Å². The van der Waals surface area contributed by atoms with Crippen molar-refractivity contribution in [1.29, 1.82) is 0 Å². The number of amidine groups is 1. The van der Waals surface area contributed by atoms with Crippen LogP contribution in [0.2, 0.25) is 5.02 Å². The minimum atomic E-state index is -3.10. The van der Waals surface area contributed by atoms with Crippen LogP contribution in [-0.2, 0) is 14.6 Å². The number of nitrogens with zero attached hydrogens (tertiary/aromatic N) is 2. The van der Waals surface area contributed by atoms with Crippen molar-refractivity contribution >= 4 is 65.9 Å². The fourth-order valence-electron chi connectivity index (χ4n) is 4.31. The molecule has 0 spiro atoms. The Balaban J connectivity index is 1.58. The minimum absolute atomic E-state index is 0.0618.